The first kappa shape index (κ1) is 18.8. The number of nitrogens with zero attached hydrogens (tertiary/aromatic N) is 3. The number of carbonyl (C=O) groups is 1. The van der Waals surface area contributed by atoms with E-state index in [1.54, 1.807) is 7.11 Å². The van der Waals surface area contributed by atoms with Crippen molar-refractivity contribution in [2.45, 2.75) is 43.8 Å². The summed E-state index contributed by atoms with van der Waals surface area (Å²) in [6.07, 6.45) is 4.57. The molecule has 0 atom stereocenters. The molecule has 1 aliphatic carbocycles. The van der Waals surface area contributed by atoms with Crippen molar-refractivity contribution in [1.29, 1.82) is 0 Å². The van der Waals surface area contributed by atoms with E-state index in [0.717, 1.165) is 41.1 Å². The largest absolute Gasteiger partial charge is 0.497 e. The highest BCUT2D eigenvalue weighted by Crippen LogP contribution is 2.25. The van der Waals surface area contributed by atoms with Gasteiger partial charge in [-0.15, -0.1) is 10.2 Å². The van der Waals surface area contributed by atoms with Crippen molar-refractivity contribution in [3.8, 4) is 17.1 Å². The van der Waals surface area contributed by atoms with Gasteiger partial charge in [-0.25, -0.2) is 0 Å². The molecule has 0 spiro atoms. The van der Waals surface area contributed by atoms with Crippen LogP contribution >= 0.6 is 11.8 Å². The van der Waals surface area contributed by atoms with Crippen molar-refractivity contribution in [3.63, 3.8) is 0 Å². The average molecular weight is 375 g/mol. The Hall–Kier alpha value is -2.02. The number of aromatic nitrogens is 3. The number of benzene rings is 1. The Labute approximate surface area is 158 Å². The van der Waals surface area contributed by atoms with Gasteiger partial charge in [0.1, 0.15) is 5.75 Å². The molecule has 3 rings (SSSR count). The smallest absolute Gasteiger partial charge is 0.230 e. The molecule has 0 unspecified atom stereocenters. The van der Waals surface area contributed by atoms with Crippen molar-refractivity contribution < 1.29 is 9.53 Å². The first-order valence-electron chi connectivity index (χ1n) is 9.02. The maximum Gasteiger partial charge on any atom is 0.230 e. The van der Waals surface area contributed by atoms with E-state index in [0.29, 0.717) is 11.8 Å². The van der Waals surface area contributed by atoms with E-state index < -0.39 is 0 Å². The lowest BCUT2D eigenvalue weighted by atomic mass is 9.87. The number of ether oxygens (including phenoxy) is 1. The highest BCUT2D eigenvalue weighted by Gasteiger charge is 2.20. The fourth-order valence-corrected chi connectivity index (χ4v) is 3.96. The van der Waals surface area contributed by atoms with E-state index in [2.05, 4.69) is 22.4 Å². The van der Waals surface area contributed by atoms with Gasteiger partial charge in [0.05, 0.1) is 12.9 Å². The first-order valence-corrected chi connectivity index (χ1v) is 10.0. The minimum atomic E-state index is 0.0727. The Morgan fingerprint density at radius 1 is 1.23 bits per heavy atom. The van der Waals surface area contributed by atoms with Gasteiger partial charge >= 0.3 is 0 Å². The molecule has 26 heavy (non-hydrogen) atoms. The second kappa shape index (κ2) is 8.58. The second-order valence-corrected chi connectivity index (χ2v) is 7.85. The van der Waals surface area contributed by atoms with Crippen LogP contribution in [0, 0.1) is 5.92 Å². The maximum absolute atomic E-state index is 12.2. The molecule has 1 heterocycles. The second-order valence-electron chi connectivity index (χ2n) is 6.91. The van der Waals surface area contributed by atoms with Crippen LogP contribution in [0.25, 0.3) is 11.4 Å². The normalized spacial score (nSPS) is 20.0. The van der Waals surface area contributed by atoms with Gasteiger partial charge in [-0.2, -0.15) is 0 Å². The summed E-state index contributed by atoms with van der Waals surface area (Å²) in [6.45, 7) is 2.28. The molecule has 1 aliphatic rings. The van der Waals surface area contributed by atoms with Crippen molar-refractivity contribution in [3.05, 3.63) is 24.3 Å². The van der Waals surface area contributed by atoms with Crippen molar-refractivity contribution in [2.75, 3.05) is 12.9 Å². The van der Waals surface area contributed by atoms with Gasteiger partial charge in [0.25, 0.3) is 0 Å². The van der Waals surface area contributed by atoms with Crippen LogP contribution in [-0.4, -0.2) is 39.6 Å². The quantitative estimate of drug-likeness (QED) is 0.786. The van der Waals surface area contributed by atoms with Crippen LogP contribution < -0.4 is 10.1 Å². The molecule has 1 aromatic heterocycles. The van der Waals surface area contributed by atoms with Gasteiger partial charge in [0, 0.05) is 18.7 Å². The molecule has 1 fully saturated rings. The Kier molecular flexibility index (Phi) is 6.19. The molecule has 1 N–H and O–H groups in total. The lowest BCUT2D eigenvalue weighted by molar-refractivity contribution is -0.119. The lowest BCUT2D eigenvalue weighted by Crippen LogP contribution is -2.38. The van der Waals surface area contributed by atoms with E-state index in [-0.39, 0.29) is 5.91 Å². The standard InChI is InChI=1S/C19H26N4O2S/c1-13-4-8-15(9-5-13)20-17(24)12-26-19-22-21-18(23(19)2)14-6-10-16(25-3)11-7-14/h6-7,10-11,13,15H,4-5,8-9,12H2,1-3H3,(H,20,24). The maximum atomic E-state index is 12.2. The molecular formula is C19H26N4O2S. The van der Waals surface area contributed by atoms with E-state index in [4.69, 9.17) is 4.74 Å². The monoisotopic (exact) mass is 374 g/mol. The summed E-state index contributed by atoms with van der Waals surface area (Å²) in [4.78, 5) is 12.2. The summed E-state index contributed by atoms with van der Waals surface area (Å²) in [5.41, 5.74) is 0.966. The highest BCUT2D eigenvalue weighted by molar-refractivity contribution is 7.99. The third-order valence-electron chi connectivity index (χ3n) is 4.90. The van der Waals surface area contributed by atoms with E-state index >= 15 is 0 Å². The zero-order valence-electron chi connectivity index (χ0n) is 15.6. The predicted molar refractivity (Wildman–Crippen MR) is 103 cm³/mol. The van der Waals surface area contributed by atoms with Gasteiger partial charge < -0.3 is 14.6 Å². The number of methoxy groups -OCH3 is 1. The number of hydrogen-bond donors (Lipinski definition) is 1. The van der Waals surface area contributed by atoms with Crippen LogP contribution in [0.5, 0.6) is 5.75 Å². The molecule has 1 amide bonds. The molecule has 1 aromatic carbocycles. The minimum Gasteiger partial charge on any atom is -0.497 e. The Morgan fingerprint density at radius 2 is 1.92 bits per heavy atom. The summed E-state index contributed by atoms with van der Waals surface area (Å²) in [6, 6.07) is 8.03. The van der Waals surface area contributed by atoms with Crippen LogP contribution in [0.3, 0.4) is 0 Å². The van der Waals surface area contributed by atoms with Gasteiger partial charge in [0.2, 0.25) is 5.91 Å². The first-order chi connectivity index (χ1) is 12.6. The Bertz CT molecular complexity index is 736. The SMILES string of the molecule is COc1ccc(-c2nnc(SCC(=O)NC3CCC(C)CC3)n2C)cc1. The number of rotatable bonds is 6. The Morgan fingerprint density at radius 3 is 2.58 bits per heavy atom. The molecule has 140 valence electrons. The number of thioether (sulfide) groups is 1. The zero-order chi connectivity index (χ0) is 18.5. The number of amides is 1. The van der Waals surface area contributed by atoms with E-state index in [1.165, 1.54) is 24.6 Å². The number of carbonyl (C=O) groups excluding carboxylic acids is 1. The summed E-state index contributed by atoms with van der Waals surface area (Å²) < 4.78 is 7.10. The molecule has 2 aromatic rings. The van der Waals surface area contributed by atoms with Crippen LogP contribution in [0.15, 0.2) is 29.4 Å². The summed E-state index contributed by atoms with van der Waals surface area (Å²) >= 11 is 1.42. The number of hydrogen-bond acceptors (Lipinski definition) is 5. The third-order valence-corrected chi connectivity index (χ3v) is 5.92. The van der Waals surface area contributed by atoms with Gasteiger partial charge in [-0.3, -0.25) is 4.79 Å². The van der Waals surface area contributed by atoms with E-state index in [1.807, 2.05) is 35.9 Å². The molecule has 1 saturated carbocycles. The molecule has 7 heteroatoms. The van der Waals surface area contributed by atoms with Gasteiger partial charge in [0.15, 0.2) is 11.0 Å². The van der Waals surface area contributed by atoms with Crippen LogP contribution in [0.1, 0.15) is 32.6 Å². The minimum absolute atomic E-state index is 0.0727. The van der Waals surface area contributed by atoms with Gasteiger partial charge in [-0.1, -0.05) is 18.7 Å². The van der Waals surface area contributed by atoms with Crippen molar-refractivity contribution >= 4 is 17.7 Å². The third kappa shape index (κ3) is 4.58. The topological polar surface area (TPSA) is 69.0 Å². The highest BCUT2D eigenvalue weighted by atomic mass is 32.2. The fourth-order valence-electron chi connectivity index (χ4n) is 3.24. The average Bonchev–Trinajstić information content (AvgIpc) is 3.02. The predicted octanol–water partition coefficient (Wildman–Crippen LogP) is 3.28. The molecule has 6 nitrogen and oxygen atoms in total. The van der Waals surface area contributed by atoms with Crippen molar-refractivity contribution in [1.82, 2.24) is 20.1 Å². The summed E-state index contributed by atoms with van der Waals surface area (Å²) in [5.74, 6) is 2.80. The molecule has 0 radical (unpaired) electrons. The molecule has 0 bridgehead atoms. The lowest BCUT2D eigenvalue weighted by Gasteiger charge is -2.26. The Balaban J connectivity index is 1.55. The van der Waals surface area contributed by atoms with Crippen LogP contribution in [-0.2, 0) is 11.8 Å². The van der Waals surface area contributed by atoms with Crippen LogP contribution in [0.2, 0.25) is 0 Å². The molecular weight excluding hydrogens is 348 g/mol. The van der Waals surface area contributed by atoms with Crippen molar-refractivity contribution in [2.24, 2.45) is 13.0 Å². The van der Waals surface area contributed by atoms with Gasteiger partial charge in [-0.05, 0) is 55.9 Å². The summed E-state index contributed by atoms with van der Waals surface area (Å²) in [7, 11) is 3.56. The molecule has 0 aliphatic heterocycles. The fraction of sp³-hybridized carbons (Fsp3) is 0.526. The molecule has 0 saturated heterocycles. The summed E-state index contributed by atoms with van der Waals surface area (Å²) in [5, 5.41) is 12.4. The van der Waals surface area contributed by atoms with Crippen LogP contribution in [0.4, 0.5) is 0 Å². The van der Waals surface area contributed by atoms with E-state index in [9.17, 15) is 4.79 Å². The number of nitrogens with one attached hydrogen (secondary N) is 1. The zero-order valence-corrected chi connectivity index (χ0v) is 16.4.